The van der Waals surface area contributed by atoms with Crippen LogP contribution in [0.2, 0.25) is 5.02 Å². The number of anilines is 1. The van der Waals surface area contributed by atoms with Crippen LogP contribution in [0.25, 0.3) is 0 Å². The maximum absolute atomic E-state index is 12.5. The van der Waals surface area contributed by atoms with Crippen LogP contribution in [0.4, 0.5) is 11.4 Å². The van der Waals surface area contributed by atoms with Gasteiger partial charge in [-0.1, -0.05) is 30.9 Å². The number of nitrogens with one attached hydrogen (secondary N) is 1. The Morgan fingerprint density at radius 3 is 2.68 bits per heavy atom. The molecular weight excluding hydrogens is 346 g/mol. The van der Waals surface area contributed by atoms with E-state index in [4.69, 9.17) is 11.6 Å². The number of carbonyl (C=O) groups excluding carboxylic acids is 2. The van der Waals surface area contributed by atoms with Crippen molar-refractivity contribution in [2.75, 3.05) is 11.9 Å². The van der Waals surface area contributed by atoms with Gasteiger partial charge in [0.05, 0.1) is 10.8 Å². The van der Waals surface area contributed by atoms with E-state index >= 15 is 0 Å². The standard InChI is InChI=1S/C17H20ClN3O4/c18-14-7-6-12(9-15(14)21(24)25)19-17(23)11-8-16(22)20(10-11)13-4-2-1-3-5-13/h6-7,9,11,13H,1-5,8,10H2,(H,19,23). The van der Waals surface area contributed by atoms with Crippen LogP contribution in [0.15, 0.2) is 18.2 Å². The van der Waals surface area contributed by atoms with Gasteiger partial charge in [0.15, 0.2) is 0 Å². The Morgan fingerprint density at radius 1 is 1.28 bits per heavy atom. The molecule has 1 heterocycles. The molecule has 3 rings (SSSR count). The second-order valence-corrected chi connectivity index (χ2v) is 7.06. The largest absolute Gasteiger partial charge is 0.339 e. The van der Waals surface area contributed by atoms with Gasteiger partial charge < -0.3 is 10.2 Å². The lowest BCUT2D eigenvalue weighted by molar-refractivity contribution is -0.384. The summed E-state index contributed by atoms with van der Waals surface area (Å²) in [6.07, 6.45) is 5.65. The minimum absolute atomic E-state index is 0.0162. The smallest absolute Gasteiger partial charge is 0.289 e. The summed E-state index contributed by atoms with van der Waals surface area (Å²) in [5.41, 5.74) is 0.0514. The lowest BCUT2D eigenvalue weighted by Gasteiger charge is -2.31. The van der Waals surface area contributed by atoms with Crippen molar-refractivity contribution in [2.45, 2.75) is 44.6 Å². The van der Waals surface area contributed by atoms with Crippen molar-refractivity contribution in [2.24, 2.45) is 5.92 Å². The molecule has 2 aliphatic rings. The third kappa shape index (κ3) is 3.92. The topological polar surface area (TPSA) is 92.5 Å². The number of hydrogen-bond donors (Lipinski definition) is 1. The average molecular weight is 366 g/mol. The highest BCUT2D eigenvalue weighted by Gasteiger charge is 2.38. The Bertz CT molecular complexity index is 703. The molecule has 1 saturated carbocycles. The van der Waals surface area contributed by atoms with Gasteiger partial charge in [-0.3, -0.25) is 19.7 Å². The third-order valence-electron chi connectivity index (χ3n) is 4.96. The Morgan fingerprint density at radius 2 is 2.00 bits per heavy atom. The monoisotopic (exact) mass is 365 g/mol. The summed E-state index contributed by atoms with van der Waals surface area (Å²) in [5, 5.41) is 13.6. The molecule has 0 radical (unpaired) electrons. The number of halogens is 1. The Balaban J connectivity index is 1.65. The molecule has 7 nitrogen and oxygen atoms in total. The van der Waals surface area contributed by atoms with Gasteiger partial charge in [-0.05, 0) is 25.0 Å². The van der Waals surface area contributed by atoms with Crippen LogP contribution in [-0.2, 0) is 9.59 Å². The summed E-state index contributed by atoms with van der Waals surface area (Å²) in [4.78, 5) is 36.9. The van der Waals surface area contributed by atoms with E-state index in [1.807, 2.05) is 4.90 Å². The Kier molecular flexibility index (Phi) is 5.22. The SMILES string of the molecule is O=C(Nc1ccc(Cl)c([N+](=O)[O-])c1)C1CC(=O)N(C2CCCCC2)C1. The molecule has 2 amide bonds. The molecule has 1 aromatic rings. The quantitative estimate of drug-likeness (QED) is 0.654. The molecule has 1 unspecified atom stereocenters. The van der Waals surface area contributed by atoms with Gasteiger partial charge >= 0.3 is 0 Å². The first-order valence-electron chi connectivity index (χ1n) is 8.50. The lowest BCUT2D eigenvalue weighted by atomic mass is 9.94. The van der Waals surface area contributed by atoms with Gasteiger partial charge in [0.1, 0.15) is 5.02 Å². The van der Waals surface area contributed by atoms with Crippen LogP contribution >= 0.6 is 11.6 Å². The minimum atomic E-state index is -0.595. The Hall–Kier alpha value is -2.15. The molecule has 1 aromatic carbocycles. The predicted octanol–water partition coefficient (Wildman–Crippen LogP) is 3.37. The van der Waals surface area contributed by atoms with Crippen molar-refractivity contribution in [1.29, 1.82) is 0 Å². The summed E-state index contributed by atoms with van der Waals surface area (Å²) < 4.78 is 0. The second-order valence-electron chi connectivity index (χ2n) is 6.65. The number of carbonyl (C=O) groups is 2. The summed E-state index contributed by atoms with van der Waals surface area (Å²) in [6, 6.07) is 4.37. The number of nitro groups is 1. The van der Waals surface area contributed by atoms with Crippen molar-refractivity contribution in [1.82, 2.24) is 4.90 Å². The molecule has 0 aromatic heterocycles. The molecule has 25 heavy (non-hydrogen) atoms. The molecule has 1 aliphatic carbocycles. The first-order chi connectivity index (χ1) is 12.0. The molecule has 1 atom stereocenters. The molecular formula is C17H20ClN3O4. The van der Waals surface area contributed by atoms with Crippen LogP contribution < -0.4 is 5.32 Å². The van der Waals surface area contributed by atoms with E-state index in [0.717, 1.165) is 25.7 Å². The number of rotatable bonds is 4. The molecule has 2 fully saturated rings. The first-order valence-corrected chi connectivity index (χ1v) is 8.88. The summed E-state index contributed by atoms with van der Waals surface area (Å²) in [6.45, 7) is 0.422. The molecule has 8 heteroatoms. The van der Waals surface area contributed by atoms with Crippen LogP contribution in [0.1, 0.15) is 38.5 Å². The molecule has 1 aliphatic heterocycles. The highest BCUT2D eigenvalue weighted by atomic mass is 35.5. The van der Waals surface area contributed by atoms with E-state index in [1.165, 1.54) is 24.6 Å². The number of likely N-dealkylation sites (tertiary alicyclic amines) is 1. The fourth-order valence-electron chi connectivity index (χ4n) is 3.63. The molecule has 0 bridgehead atoms. The van der Waals surface area contributed by atoms with E-state index in [1.54, 1.807) is 0 Å². The van der Waals surface area contributed by atoms with Crippen molar-refractivity contribution in [3.05, 3.63) is 33.3 Å². The number of nitro benzene ring substituents is 1. The van der Waals surface area contributed by atoms with Crippen LogP contribution in [0.3, 0.4) is 0 Å². The first kappa shape index (κ1) is 17.7. The van der Waals surface area contributed by atoms with Gasteiger partial charge in [0.25, 0.3) is 5.69 Å². The van der Waals surface area contributed by atoms with Gasteiger partial charge in [-0.2, -0.15) is 0 Å². The zero-order valence-electron chi connectivity index (χ0n) is 13.7. The summed E-state index contributed by atoms with van der Waals surface area (Å²) in [7, 11) is 0. The minimum Gasteiger partial charge on any atom is -0.339 e. The molecule has 1 saturated heterocycles. The van der Waals surface area contributed by atoms with Gasteiger partial charge in [-0.15, -0.1) is 0 Å². The predicted molar refractivity (Wildman–Crippen MR) is 93.4 cm³/mol. The number of amides is 2. The fraction of sp³-hybridized carbons (Fsp3) is 0.529. The van der Waals surface area contributed by atoms with Crippen molar-refractivity contribution in [3.8, 4) is 0 Å². The number of benzene rings is 1. The Labute approximate surface area is 150 Å². The van der Waals surface area contributed by atoms with E-state index in [9.17, 15) is 19.7 Å². The van der Waals surface area contributed by atoms with Crippen LogP contribution in [-0.4, -0.2) is 34.2 Å². The van der Waals surface area contributed by atoms with Crippen LogP contribution in [0, 0.1) is 16.0 Å². The fourth-order valence-corrected chi connectivity index (χ4v) is 3.81. The maximum Gasteiger partial charge on any atom is 0.289 e. The average Bonchev–Trinajstić information content (AvgIpc) is 2.99. The molecule has 1 N–H and O–H groups in total. The zero-order chi connectivity index (χ0) is 18.0. The summed E-state index contributed by atoms with van der Waals surface area (Å²) in [5.74, 6) is -0.693. The maximum atomic E-state index is 12.5. The highest BCUT2D eigenvalue weighted by Crippen LogP contribution is 2.30. The second kappa shape index (κ2) is 7.39. The number of hydrogen-bond acceptors (Lipinski definition) is 4. The van der Waals surface area contributed by atoms with Crippen LogP contribution in [0.5, 0.6) is 0 Å². The van der Waals surface area contributed by atoms with Gasteiger partial charge in [0, 0.05) is 30.8 Å². The van der Waals surface area contributed by atoms with E-state index in [2.05, 4.69) is 5.32 Å². The lowest BCUT2D eigenvalue weighted by Crippen LogP contribution is -2.38. The van der Waals surface area contributed by atoms with E-state index in [0.29, 0.717) is 12.2 Å². The normalized spacial score (nSPS) is 21.4. The van der Waals surface area contributed by atoms with E-state index in [-0.39, 0.29) is 35.0 Å². The molecule has 0 spiro atoms. The summed E-state index contributed by atoms with van der Waals surface area (Å²) >= 11 is 5.77. The van der Waals surface area contributed by atoms with Crippen molar-refractivity contribution >= 4 is 34.8 Å². The van der Waals surface area contributed by atoms with E-state index < -0.39 is 10.8 Å². The third-order valence-corrected chi connectivity index (χ3v) is 5.27. The zero-order valence-corrected chi connectivity index (χ0v) is 14.5. The van der Waals surface area contributed by atoms with Crippen molar-refractivity contribution in [3.63, 3.8) is 0 Å². The van der Waals surface area contributed by atoms with Crippen molar-refractivity contribution < 1.29 is 14.5 Å². The molecule has 134 valence electrons. The highest BCUT2D eigenvalue weighted by molar-refractivity contribution is 6.32. The van der Waals surface area contributed by atoms with Gasteiger partial charge in [-0.25, -0.2) is 0 Å². The van der Waals surface area contributed by atoms with Gasteiger partial charge in [0.2, 0.25) is 11.8 Å². The number of nitrogens with zero attached hydrogens (tertiary/aromatic N) is 2.